The van der Waals surface area contributed by atoms with E-state index in [1.54, 1.807) is 24.3 Å². The van der Waals surface area contributed by atoms with Crippen LogP contribution in [-0.2, 0) is 6.54 Å². The third-order valence-corrected chi connectivity index (χ3v) is 6.11. The van der Waals surface area contributed by atoms with E-state index >= 15 is 0 Å². The first-order valence-electron chi connectivity index (χ1n) is 10.3. The average Bonchev–Trinajstić information content (AvgIpc) is 3.10. The molecule has 2 heterocycles. The number of Topliss-reactive ketones (excluding diaryl/α,β-unsaturated/α-hetero) is 1. The van der Waals surface area contributed by atoms with E-state index in [1.807, 2.05) is 6.07 Å². The topological polar surface area (TPSA) is 81.9 Å². The number of benzene rings is 2. The van der Waals surface area contributed by atoms with Crippen LogP contribution in [-0.4, -0.2) is 28.4 Å². The Morgan fingerprint density at radius 3 is 2.77 bits per heavy atom. The minimum absolute atomic E-state index is 0.0267. The molecule has 0 saturated heterocycles. The second kappa shape index (κ2) is 7.57. The molecule has 2 aliphatic heterocycles. The Morgan fingerprint density at radius 1 is 1.13 bits per heavy atom. The van der Waals surface area contributed by atoms with E-state index in [1.165, 1.54) is 44.2 Å². The molecule has 0 spiro atoms. The minimum Gasteiger partial charge on any atom is -0.478 e. The van der Waals surface area contributed by atoms with Crippen molar-refractivity contribution in [3.63, 3.8) is 0 Å². The lowest BCUT2D eigenvalue weighted by atomic mass is 9.93. The lowest BCUT2D eigenvalue weighted by Crippen LogP contribution is -2.41. The van der Waals surface area contributed by atoms with Crippen molar-refractivity contribution in [2.75, 3.05) is 6.73 Å². The van der Waals surface area contributed by atoms with E-state index in [4.69, 9.17) is 9.47 Å². The number of nitro benzene ring substituents is 1. The highest BCUT2D eigenvalue weighted by Crippen LogP contribution is 2.43. The van der Waals surface area contributed by atoms with Crippen molar-refractivity contribution in [1.82, 2.24) is 4.90 Å². The summed E-state index contributed by atoms with van der Waals surface area (Å²) < 4.78 is 12.0. The largest absolute Gasteiger partial charge is 0.478 e. The van der Waals surface area contributed by atoms with Gasteiger partial charge in [-0.3, -0.25) is 19.8 Å². The van der Waals surface area contributed by atoms with E-state index < -0.39 is 4.92 Å². The quantitative estimate of drug-likeness (QED) is 0.418. The summed E-state index contributed by atoms with van der Waals surface area (Å²) in [6.45, 7) is 1.25. The molecule has 1 fully saturated rings. The number of rotatable bonds is 3. The molecule has 30 heavy (non-hydrogen) atoms. The van der Waals surface area contributed by atoms with Crippen molar-refractivity contribution in [2.45, 2.75) is 44.7 Å². The normalized spacial score (nSPS) is 20.4. The maximum atomic E-state index is 12.9. The summed E-state index contributed by atoms with van der Waals surface area (Å²) in [5, 5.41) is 11.0. The summed E-state index contributed by atoms with van der Waals surface area (Å²) in [7, 11) is 0. The summed E-state index contributed by atoms with van der Waals surface area (Å²) in [6.07, 6.45) is 7.68. The van der Waals surface area contributed by atoms with E-state index in [9.17, 15) is 14.9 Å². The predicted molar refractivity (Wildman–Crippen MR) is 110 cm³/mol. The van der Waals surface area contributed by atoms with Gasteiger partial charge in [0.2, 0.25) is 5.78 Å². The van der Waals surface area contributed by atoms with Gasteiger partial charge in [-0.25, -0.2) is 0 Å². The van der Waals surface area contributed by atoms with Crippen LogP contribution in [0.4, 0.5) is 5.69 Å². The number of fused-ring (bicyclic) bond motifs is 3. The number of nitrogens with zero attached hydrogens (tertiary/aromatic N) is 2. The number of nitro groups is 1. The molecular formula is C23H22N2O5. The zero-order chi connectivity index (χ0) is 20.7. The molecule has 7 nitrogen and oxygen atoms in total. The Labute approximate surface area is 174 Å². The van der Waals surface area contributed by atoms with Gasteiger partial charge in [0.1, 0.15) is 18.2 Å². The third-order valence-electron chi connectivity index (χ3n) is 6.11. The Morgan fingerprint density at radius 2 is 1.97 bits per heavy atom. The number of allylic oxidation sites excluding steroid dienone is 1. The van der Waals surface area contributed by atoms with Crippen molar-refractivity contribution in [3.05, 3.63) is 69.0 Å². The molecule has 2 aromatic rings. The number of carbonyl (C=O) groups is 1. The van der Waals surface area contributed by atoms with E-state index in [0.29, 0.717) is 36.2 Å². The molecule has 7 heteroatoms. The minimum atomic E-state index is -0.457. The Bertz CT molecular complexity index is 1060. The van der Waals surface area contributed by atoms with Gasteiger partial charge in [0.15, 0.2) is 5.76 Å². The molecule has 1 aliphatic carbocycles. The van der Waals surface area contributed by atoms with Crippen molar-refractivity contribution in [1.29, 1.82) is 0 Å². The van der Waals surface area contributed by atoms with E-state index in [0.717, 1.165) is 11.3 Å². The summed E-state index contributed by atoms with van der Waals surface area (Å²) in [4.78, 5) is 25.8. The molecule has 0 radical (unpaired) electrons. The van der Waals surface area contributed by atoms with Crippen molar-refractivity contribution < 1.29 is 19.2 Å². The van der Waals surface area contributed by atoms with Gasteiger partial charge >= 0.3 is 0 Å². The van der Waals surface area contributed by atoms with Crippen molar-refractivity contribution in [3.8, 4) is 11.5 Å². The van der Waals surface area contributed by atoms with Gasteiger partial charge in [0, 0.05) is 24.7 Å². The molecule has 0 unspecified atom stereocenters. The van der Waals surface area contributed by atoms with Crippen LogP contribution >= 0.6 is 0 Å². The molecule has 154 valence electrons. The van der Waals surface area contributed by atoms with Crippen LogP contribution in [0.2, 0.25) is 0 Å². The van der Waals surface area contributed by atoms with Crippen molar-refractivity contribution in [2.24, 2.45) is 0 Å². The van der Waals surface area contributed by atoms with Gasteiger partial charge in [-0.2, -0.15) is 0 Å². The standard InChI is InChI=1S/C23H22N2O5/c26-22-18-9-10-20-19(13-24(14-29-20)16-6-2-1-3-7-16)23(18)30-21(22)12-15-5-4-8-17(11-15)25(27)28/h4-5,8-12,16H,1-3,6-7,13-14H2/b21-12+. The van der Waals surface area contributed by atoms with Gasteiger partial charge in [-0.15, -0.1) is 0 Å². The number of hydrogen-bond donors (Lipinski definition) is 0. The highest BCUT2D eigenvalue weighted by atomic mass is 16.6. The Kier molecular flexibility index (Phi) is 4.75. The molecule has 0 bridgehead atoms. The summed E-state index contributed by atoms with van der Waals surface area (Å²) in [6, 6.07) is 10.2. The zero-order valence-corrected chi connectivity index (χ0v) is 16.5. The number of ketones is 1. The monoisotopic (exact) mass is 406 g/mol. The lowest BCUT2D eigenvalue weighted by molar-refractivity contribution is -0.384. The van der Waals surface area contributed by atoms with Crippen LogP contribution < -0.4 is 9.47 Å². The molecule has 0 amide bonds. The fourth-order valence-corrected chi connectivity index (χ4v) is 4.54. The highest BCUT2D eigenvalue weighted by molar-refractivity contribution is 6.15. The second-order valence-corrected chi connectivity index (χ2v) is 8.02. The number of non-ortho nitro benzene ring substituents is 1. The van der Waals surface area contributed by atoms with Crippen LogP contribution in [0.15, 0.2) is 42.2 Å². The molecule has 3 aliphatic rings. The molecule has 0 atom stereocenters. The Balaban J connectivity index is 1.44. The summed E-state index contributed by atoms with van der Waals surface area (Å²) >= 11 is 0. The number of ether oxygens (including phenoxy) is 2. The maximum Gasteiger partial charge on any atom is 0.270 e. The smallest absolute Gasteiger partial charge is 0.270 e. The number of hydrogen-bond acceptors (Lipinski definition) is 6. The first-order chi connectivity index (χ1) is 14.6. The SMILES string of the molecule is O=C1/C(=C\c2cccc([N+](=O)[O-])c2)Oc2c1ccc1c2CN(C2CCCCC2)CO1. The van der Waals surface area contributed by atoms with Crippen LogP contribution in [0.5, 0.6) is 11.5 Å². The Hall–Kier alpha value is -3.19. The van der Waals surface area contributed by atoms with Crippen molar-refractivity contribution >= 4 is 17.5 Å². The molecule has 5 rings (SSSR count). The fraction of sp³-hybridized carbons (Fsp3) is 0.348. The van der Waals surface area contributed by atoms with Crippen LogP contribution in [0.1, 0.15) is 53.6 Å². The second-order valence-electron chi connectivity index (χ2n) is 8.02. The van der Waals surface area contributed by atoms with Gasteiger partial charge in [-0.05, 0) is 36.6 Å². The van der Waals surface area contributed by atoms with E-state index in [2.05, 4.69) is 4.90 Å². The highest BCUT2D eigenvalue weighted by Gasteiger charge is 2.35. The summed E-state index contributed by atoms with van der Waals surface area (Å²) in [5.41, 5.74) is 1.94. The molecule has 2 aromatic carbocycles. The lowest BCUT2D eigenvalue weighted by Gasteiger charge is -2.37. The van der Waals surface area contributed by atoms with Crippen LogP contribution in [0.25, 0.3) is 6.08 Å². The van der Waals surface area contributed by atoms with Crippen LogP contribution in [0, 0.1) is 10.1 Å². The van der Waals surface area contributed by atoms with Gasteiger partial charge in [0.05, 0.1) is 16.1 Å². The summed E-state index contributed by atoms with van der Waals surface area (Å²) in [5.74, 6) is 1.27. The van der Waals surface area contributed by atoms with Gasteiger partial charge in [-0.1, -0.05) is 31.4 Å². The predicted octanol–water partition coefficient (Wildman–Crippen LogP) is 4.70. The molecule has 0 aromatic heterocycles. The number of carbonyl (C=O) groups excluding carboxylic acids is 1. The molecular weight excluding hydrogens is 384 g/mol. The molecule has 1 saturated carbocycles. The first kappa shape index (κ1) is 18.8. The van der Waals surface area contributed by atoms with Gasteiger partial charge < -0.3 is 9.47 Å². The van der Waals surface area contributed by atoms with E-state index in [-0.39, 0.29) is 17.2 Å². The zero-order valence-electron chi connectivity index (χ0n) is 16.5. The maximum absolute atomic E-state index is 12.9. The first-order valence-corrected chi connectivity index (χ1v) is 10.3. The molecule has 0 N–H and O–H groups in total. The fourth-order valence-electron chi connectivity index (χ4n) is 4.54. The third kappa shape index (κ3) is 3.35. The van der Waals surface area contributed by atoms with Gasteiger partial charge in [0.25, 0.3) is 5.69 Å². The average molecular weight is 406 g/mol. The van der Waals surface area contributed by atoms with Crippen LogP contribution in [0.3, 0.4) is 0 Å².